The van der Waals surface area contributed by atoms with Crippen molar-refractivity contribution in [1.29, 1.82) is 0 Å². The lowest BCUT2D eigenvalue weighted by Gasteiger charge is -2.23. The number of unbranched alkanes of at least 4 members (excludes halogenated alkanes) is 1. The van der Waals surface area contributed by atoms with Crippen molar-refractivity contribution in [2.45, 2.75) is 50.9 Å². The molecular weight excluding hydrogens is 276 g/mol. The van der Waals surface area contributed by atoms with Gasteiger partial charge in [-0.15, -0.1) is 5.73 Å². The molecule has 1 saturated carbocycles. The number of hydrogen-bond donors (Lipinski definition) is 0. The predicted octanol–water partition coefficient (Wildman–Crippen LogP) is 6.45. The van der Waals surface area contributed by atoms with Crippen molar-refractivity contribution in [3.8, 4) is 0 Å². The van der Waals surface area contributed by atoms with Gasteiger partial charge in [0.25, 0.3) is 0 Å². The van der Waals surface area contributed by atoms with E-state index in [1.54, 1.807) is 0 Å². The maximum Gasteiger partial charge on any atom is -0.0155 e. The highest BCUT2D eigenvalue weighted by atomic mass is 14.2. The Labute approximate surface area is 140 Å². The Bertz CT molecular complexity index is 635. The van der Waals surface area contributed by atoms with Crippen LogP contribution in [0.4, 0.5) is 0 Å². The highest BCUT2D eigenvalue weighted by Crippen LogP contribution is 2.34. The van der Waals surface area contributed by atoms with Crippen LogP contribution in [0.3, 0.4) is 0 Å². The second kappa shape index (κ2) is 8.56. The van der Waals surface area contributed by atoms with Gasteiger partial charge in [-0.3, -0.25) is 0 Å². The molecule has 118 valence electrons. The zero-order valence-electron chi connectivity index (χ0n) is 13.9. The van der Waals surface area contributed by atoms with E-state index in [1.807, 2.05) is 0 Å². The SMILES string of the molecule is C(=CCCCc1ccccc1)=C1CCC(c2ccccc2)CC1. The van der Waals surface area contributed by atoms with E-state index in [9.17, 15) is 0 Å². The monoisotopic (exact) mass is 302 g/mol. The second-order valence-electron chi connectivity index (χ2n) is 6.51. The number of benzene rings is 2. The summed E-state index contributed by atoms with van der Waals surface area (Å²) in [5.41, 5.74) is 8.05. The van der Waals surface area contributed by atoms with Gasteiger partial charge in [0.05, 0.1) is 0 Å². The number of rotatable bonds is 5. The van der Waals surface area contributed by atoms with Gasteiger partial charge in [-0.2, -0.15) is 0 Å². The molecule has 3 rings (SSSR count). The molecule has 0 bridgehead atoms. The molecule has 23 heavy (non-hydrogen) atoms. The maximum atomic E-state index is 3.57. The standard InChI is InChI=1S/C23H26/c1-4-10-20(11-5-1)12-6-2-7-13-21-16-18-23(19-17-21)22-14-8-3-9-15-22/h1,3-5,7-11,14-15,23H,2,6,12,16-19H2. The first kappa shape index (κ1) is 15.8. The van der Waals surface area contributed by atoms with Crippen molar-refractivity contribution in [2.24, 2.45) is 0 Å². The minimum atomic E-state index is 0.750. The Morgan fingerprint density at radius 1 is 0.870 bits per heavy atom. The lowest BCUT2D eigenvalue weighted by atomic mass is 9.82. The van der Waals surface area contributed by atoms with Crippen LogP contribution < -0.4 is 0 Å². The molecule has 1 aliphatic carbocycles. The quantitative estimate of drug-likeness (QED) is 0.440. The molecule has 2 aromatic rings. The molecule has 0 nitrogen and oxygen atoms in total. The van der Waals surface area contributed by atoms with E-state index in [-0.39, 0.29) is 0 Å². The van der Waals surface area contributed by atoms with Gasteiger partial charge in [-0.05, 0) is 73.6 Å². The summed E-state index contributed by atoms with van der Waals surface area (Å²) < 4.78 is 0. The van der Waals surface area contributed by atoms with Crippen LogP contribution in [-0.4, -0.2) is 0 Å². The smallest absolute Gasteiger partial charge is 0.0155 e. The fourth-order valence-corrected chi connectivity index (χ4v) is 3.44. The second-order valence-corrected chi connectivity index (χ2v) is 6.51. The molecule has 1 fully saturated rings. The Balaban J connectivity index is 1.43. The van der Waals surface area contributed by atoms with Crippen LogP contribution in [0, 0.1) is 0 Å². The molecule has 0 atom stereocenters. The van der Waals surface area contributed by atoms with Crippen molar-refractivity contribution < 1.29 is 0 Å². The molecule has 2 aromatic carbocycles. The average Bonchev–Trinajstić information content (AvgIpc) is 2.64. The average molecular weight is 302 g/mol. The molecule has 0 heterocycles. The van der Waals surface area contributed by atoms with E-state index < -0.39 is 0 Å². The normalized spacial score (nSPS) is 17.6. The number of aryl methyl sites for hydroxylation is 1. The van der Waals surface area contributed by atoms with E-state index in [0.717, 1.165) is 12.3 Å². The van der Waals surface area contributed by atoms with Crippen molar-refractivity contribution in [1.82, 2.24) is 0 Å². The fourth-order valence-electron chi connectivity index (χ4n) is 3.44. The zero-order chi connectivity index (χ0) is 15.7. The fraction of sp³-hybridized carbons (Fsp3) is 0.348. The van der Waals surface area contributed by atoms with Crippen molar-refractivity contribution in [3.05, 3.63) is 89.2 Å². The highest BCUT2D eigenvalue weighted by molar-refractivity contribution is 5.22. The molecule has 0 unspecified atom stereocenters. The topological polar surface area (TPSA) is 0 Å². The Morgan fingerprint density at radius 3 is 2.22 bits per heavy atom. The third-order valence-corrected chi connectivity index (χ3v) is 4.82. The summed E-state index contributed by atoms with van der Waals surface area (Å²) in [6.07, 6.45) is 10.8. The van der Waals surface area contributed by atoms with E-state index >= 15 is 0 Å². The molecule has 0 heteroatoms. The van der Waals surface area contributed by atoms with Crippen LogP contribution in [-0.2, 0) is 6.42 Å². The van der Waals surface area contributed by atoms with E-state index in [0.29, 0.717) is 0 Å². The third kappa shape index (κ3) is 4.98. The van der Waals surface area contributed by atoms with E-state index in [4.69, 9.17) is 0 Å². The van der Waals surface area contributed by atoms with Gasteiger partial charge in [0.15, 0.2) is 0 Å². The first-order chi connectivity index (χ1) is 11.4. The summed E-state index contributed by atoms with van der Waals surface area (Å²) in [5, 5.41) is 0. The highest BCUT2D eigenvalue weighted by Gasteiger charge is 2.17. The summed E-state index contributed by atoms with van der Waals surface area (Å²) >= 11 is 0. The lowest BCUT2D eigenvalue weighted by Crippen LogP contribution is -2.05. The van der Waals surface area contributed by atoms with Crippen LogP contribution in [0.2, 0.25) is 0 Å². The van der Waals surface area contributed by atoms with E-state index in [1.165, 1.54) is 55.2 Å². The van der Waals surface area contributed by atoms with E-state index in [2.05, 4.69) is 72.5 Å². The Hall–Kier alpha value is -2.04. The summed E-state index contributed by atoms with van der Waals surface area (Å²) in [5.74, 6) is 0.750. The van der Waals surface area contributed by atoms with Gasteiger partial charge in [-0.25, -0.2) is 0 Å². The molecular formula is C23H26. The van der Waals surface area contributed by atoms with Gasteiger partial charge in [0.1, 0.15) is 0 Å². The zero-order valence-corrected chi connectivity index (χ0v) is 13.9. The molecule has 0 aromatic heterocycles. The van der Waals surface area contributed by atoms with Gasteiger partial charge in [-0.1, -0.05) is 60.7 Å². The number of hydrogen-bond acceptors (Lipinski definition) is 0. The van der Waals surface area contributed by atoms with Crippen LogP contribution in [0.5, 0.6) is 0 Å². The molecule has 0 spiro atoms. The minimum Gasteiger partial charge on any atom is -0.126 e. The van der Waals surface area contributed by atoms with Crippen molar-refractivity contribution >= 4 is 0 Å². The van der Waals surface area contributed by atoms with Crippen LogP contribution in [0.15, 0.2) is 78.0 Å². The van der Waals surface area contributed by atoms with Gasteiger partial charge < -0.3 is 0 Å². The first-order valence-electron chi connectivity index (χ1n) is 8.93. The lowest BCUT2D eigenvalue weighted by molar-refractivity contribution is 0.517. The molecule has 1 aliphatic rings. The molecule has 0 saturated heterocycles. The maximum absolute atomic E-state index is 3.57. The van der Waals surface area contributed by atoms with Gasteiger partial charge in [0, 0.05) is 0 Å². The van der Waals surface area contributed by atoms with Gasteiger partial charge >= 0.3 is 0 Å². The van der Waals surface area contributed by atoms with Crippen molar-refractivity contribution in [3.63, 3.8) is 0 Å². The van der Waals surface area contributed by atoms with Crippen molar-refractivity contribution in [2.75, 3.05) is 0 Å². The van der Waals surface area contributed by atoms with Crippen LogP contribution in [0.25, 0.3) is 0 Å². The first-order valence-corrected chi connectivity index (χ1v) is 8.93. The predicted molar refractivity (Wildman–Crippen MR) is 98.6 cm³/mol. The third-order valence-electron chi connectivity index (χ3n) is 4.82. The molecule has 0 radical (unpaired) electrons. The van der Waals surface area contributed by atoms with Crippen LogP contribution >= 0.6 is 0 Å². The largest absolute Gasteiger partial charge is 0.126 e. The number of allylic oxidation sites excluding steroid dienone is 1. The molecule has 0 aliphatic heterocycles. The van der Waals surface area contributed by atoms with Gasteiger partial charge in [0.2, 0.25) is 0 Å². The summed E-state index contributed by atoms with van der Waals surface area (Å²) in [4.78, 5) is 0. The summed E-state index contributed by atoms with van der Waals surface area (Å²) in [6.45, 7) is 0. The van der Waals surface area contributed by atoms with Crippen LogP contribution in [0.1, 0.15) is 55.6 Å². The molecule has 0 amide bonds. The Morgan fingerprint density at radius 2 is 1.52 bits per heavy atom. The minimum absolute atomic E-state index is 0.750. The summed E-state index contributed by atoms with van der Waals surface area (Å²) in [7, 11) is 0. The Kier molecular flexibility index (Phi) is 5.89. The molecule has 0 N–H and O–H groups in total. The summed E-state index contributed by atoms with van der Waals surface area (Å²) in [6, 6.07) is 21.7.